The minimum absolute atomic E-state index is 0.913. The first-order chi connectivity index (χ1) is 22.8. The van der Waals surface area contributed by atoms with Crippen LogP contribution in [0, 0.1) is 0 Å². The fourth-order valence-electron chi connectivity index (χ4n) is 6.81. The molecule has 1 heterocycles. The molecule has 9 rings (SSSR count). The van der Waals surface area contributed by atoms with Crippen LogP contribution < -0.4 is 4.90 Å². The molecule has 2 nitrogen and oxygen atoms in total. The van der Waals surface area contributed by atoms with Crippen molar-refractivity contribution in [2.45, 2.75) is 0 Å². The lowest BCUT2D eigenvalue weighted by Crippen LogP contribution is -2.11. The minimum Gasteiger partial charge on any atom is -0.456 e. The molecule has 0 amide bonds. The van der Waals surface area contributed by atoms with E-state index in [0.29, 0.717) is 0 Å². The molecule has 0 saturated heterocycles. The zero-order chi connectivity index (χ0) is 30.5. The summed E-state index contributed by atoms with van der Waals surface area (Å²) in [6, 6.07) is 62.9. The van der Waals surface area contributed by atoms with E-state index in [9.17, 15) is 0 Å². The summed E-state index contributed by atoms with van der Waals surface area (Å²) in [5.74, 6) is 0. The molecule has 0 N–H and O–H groups in total. The van der Waals surface area contributed by atoms with Crippen molar-refractivity contribution >= 4 is 60.5 Å². The Bertz CT molecular complexity index is 2520. The predicted molar refractivity (Wildman–Crippen MR) is 194 cm³/mol. The Morgan fingerprint density at radius 2 is 1.02 bits per heavy atom. The first-order valence-electron chi connectivity index (χ1n) is 15.7. The first kappa shape index (κ1) is 26.3. The highest BCUT2D eigenvalue weighted by Crippen LogP contribution is 2.44. The van der Waals surface area contributed by atoms with Crippen molar-refractivity contribution in [3.05, 3.63) is 176 Å². The molecule has 0 unspecified atom stereocenters. The number of anilines is 3. The Kier molecular flexibility index (Phi) is 6.17. The van der Waals surface area contributed by atoms with Gasteiger partial charge in [-0.2, -0.15) is 0 Å². The van der Waals surface area contributed by atoms with Crippen molar-refractivity contribution in [3.8, 4) is 22.3 Å². The smallest absolute Gasteiger partial charge is 0.136 e. The minimum atomic E-state index is 0.913. The van der Waals surface area contributed by atoms with Gasteiger partial charge in [0.2, 0.25) is 0 Å². The lowest BCUT2D eigenvalue weighted by atomic mass is 9.96. The third-order valence-corrected chi connectivity index (χ3v) is 9.03. The van der Waals surface area contributed by atoms with Crippen LogP contribution in [0.2, 0.25) is 0 Å². The molecule has 0 bridgehead atoms. The van der Waals surface area contributed by atoms with Gasteiger partial charge in [0, 0.05) is 27.7 Å². The molecule has 0 aliphatic carbocycles. The van der Waals surface area contributed by atoms with Gasteiger partial charge in [-0.25, -0.2) is 0 Å². The third kappa shape index (κ3) is 4.43. The van der Waals surface area contributed by atoms with E-state index in [1.165, 1.54) is 38.4 Å². The fraction of sp³-hybridized carbons (Fsp3) is 0. The highest BCUT2D eigenvalue weighted by atomic mass is 16.3. The van der Waals surface area contributed by atoms with Crippen LogP contribution in [0.3, 0.4) is 0 Å². The van der Waals surface area contributed by atoms with Gasteiger partial charge in [-0.3, -0.25) is 0 Å². The van der Waals surface area contributed by atoms with Crippen LogP contribution >= 0.6 is 0 Å². The Labute approximate surface area is 267 Å². The number of fused-ring (bicyclic) bond motifs is 5. The van der Waals surface area contributed by atoms with Gasteiger partial charge in [0.25, 0.3) is 0 Å². The molecule has 1 aromatic heterocycles. The van der Waals surface area contributed by atoms with Gasteiger partial charge in [-0.05, 0) is 86.8 Å². The van der Waals surface area contributed by atoms with E-state index in [0.717, 1.165) is 44.4 Å². The normalized spacial score (nSPS) is 11.5. The molecular weight excluding hydrogens is 558 g/mol. The van der Waals surface area contributed by atoms with Crippen LogP contribution in [0.5, 0.6) is 0 Å². The summed E-state index contributed by atoms with van der Waals surface area (Å²) < 4.78 is 6.21. The zero-order valence-electron chi connectivity index (χ0n) is 25.1. The lowest BCUT2D eigenvalue weighted by molar-refractivity contribution is 0.669. The lowest BCUT2D eigenvalue weighted by Gasteiger charge is -2.28. The second-order valence-electron chi connectivity index (χ2n) is 11.8. The standard InChI is InChI=1S/C44H29NO/c1-2-11-30(12-3-1)31-21-24-35(25-22-31)45(42-19-8-6-16-39(42)38-18-10-14-32-13-4-5-15-37(32)38)36-26-23-33-29-44-41(28-34(33)27-36)40-17-7-9-20-43(40)46-44/h1-29H. The van der Waals surface area contributed by atoms with Crippen molar-refractivity contribution in [1.82, 2.24) is 0 Å². The summed E-state index contributed by atoms with van der Waals surface area (Å²) in [6.45, 7) is 0. The van der Waals surface area contributed by atoms with Crippen LogP contribution in [0.25, 0.3) is 65.7 Å². The van der Waals surface area contributed by atoms with Crippen LogP contribution in [0.1, 0.15) is 0 Å². The van der Waals surface area contributed by atoms with Gasteiger partial charge in [-0.15, -0.1) is 0 Å². The summed E-state index contributed by atoms with van der Waals surface area (Å²) in [6.07, 6.45) is 0. The molecule has 216 valence electrons. The second-order valence-corrected chi connectivity index (χ2v) is 11.8. The molecule has 0 aliphatic rings. The van der Waals surface area contributed by atoms with Crippen LogP contribution in [-0.4, -0.2) is 0 Å². The van der Waals surface area contributed by atoms with Crippen molar-refractivity contribution in [3.63, 3.8) is 0 Å². The highest BCUT2D eigenvalue weighted by molar-refractivity contribution is 6.10. The molecule has 0 saturated carbocycles. The predicted octanol–water partition coefficient (Wildman–Crippen LogP) is 12.7. The van der Waals surface area contributed by atoms with Gasteiger partial charge in [0.05, 0.1) is 5.69 Å². The molecule has 46 heavy (non-hydrogen) atoms. The molecule has 8 aromatic carbocycles. The maximum atomic E-state index is 6.21. The molecule has 0 radical (unpaired) electrons. The monoisotopic (exact) mass is 587 g/mol. The fourth-order valence-corrected chi connectivity index (χ4v) is 6.81. The second kappa shape index (κ2) is 10.8. The highest BCUT2D eigenvalue weighted by Gasteiger charge is 2.19. The SMILES string of the molecule is c1ccc(-c2ccc(N(c3ccc4cc5oc6ccccc6c5cc4c3)c3ccccc3-c3cccc4ccccc34)cc2)cc1. The van der Waals surface area contributed by atoms with E-state index >= 15 is 0 Å². The summed E-state index contributed by atoms with van der Waals surface area (Å²) >= 11 is 0. The van der Waals surface area contributed by atoms with E-state index in [-0.39, 0.29) is 0 Å². The Hall–Kier alpha value is -6.12. The number of hydrogen-bond acceptors (Lipinski definition) is 2. The van der Waals surface area contributed by atoms with Gasteiger partial charge >= 0.3 is 0 Å². The van der Waals surface area contributed by atoms with E-state index in [4.69, 9.17) is 4.42 Å². The van der Waals surface area contributed by atoms with Crippen molar-refractivity contribution in [2.24, 2.45) is 0 Å². The first-order valence-corrected chi connectivity index (χ1v) is 15.7. The summed E-state index contributed by atoms with van der Waals surface area (Å²) in [5.41, 5.74) is 9.95. The van der Waals surface area contributed by atoms with Gasteiger partial charge in [0.1, 0.15) is 11.2 Å². The summed E-state index contributed by atoms with van der Waals surface area (Å²) in [7, 11) is 0. The average molecular weight is 588 g/mol. The van der Waals surface area contributed by atoms with E-state index in [2.05, 4.69) is 169 Å². The Morgan fingerprint density at radius 1 is 0.348 bits per heavy atom. The van der Waals surface area contributed by atoms with Gasteiger partial charge in [-0.1, -0.05) is 127 Å². The summed E-state index contributed by atoms with van der Waals surface area (Å²) in [5, 5.41) is 7.07. The largest absolute Gasteiger partial charge is 0.456 e. The molecule has 0 aliphatic heterocycles. The number of hydrogen-bond donors (Lipinski definition) is 0. The van der Waals surface area contributed by atoms with Crippen molar-refractivity contribution < 1.29 is 4.42 Å². The molecular formula is C44H29NO. The number of furan rings is 1. The van der Waals surface area contributed by atoms with Crippen LogP contribution in [0.15, 0.2) is 180 Å². The van der Waals surface area contributed by atoms with E-state index in [1.54, 1.807) is 0 Å². The number of para-hydroxylation sites is 2. The molecule has 2 heteroatoms. The average Bonchev–Trinajstić information content (AvgIpc) is 3.49. The Balaban J connectivity index is 1.26. The third-order valence-electron chi connectivity index (χ3n) is 9.03. The maximum Gasteiger partial charge on any atom is 0.136 e. The van der Waals surface area contributed by atoms with Crippen LogP contribution in [0.4, 0.5) is 17.1 Å². The Morgan fingerprint density at radius 3 is 1.91 bits per heavy atom. The number of benzene rings is 8. The zero-order valence-corrected chi connectivity index (χ0v) is 25.1. The van der Waals surface area contributed by atoms with E-state index in [1.807, 2.05) is 12.1 Å². The molecule has 0 fully saturated rings. The van der Waals surface area contributed by atoms with Gasteiger partial charge in [0.15, 0.2) is 0 Å². The maximum absolute atomic E-state index is 6.21. The quantitative estimate of drug-likeness (QED) is 0.199. The number of nitrogens with zero attached hydrogens (tertiary/aromatic N) is 1. The van der Waals surface area contributed by atoms with Crippen molar-refractivity contribution in [2.75, 3.05) is 4.90 Å². The van der Waals surface area contributed by atoms with Crippen LogP contribution in [-0.2, 0) is 0 Å². The topological polar surface area (TPSA) is 16.4 Å². The van der Waals surface area contributed by atoms with Crippen molar-refractivity contribution in [1.29, 1.82) is 0 Å². The molecule has 9 aromatic rings. The number of rotatable bonds is 5. The molecule has 0 atom stereocenters. The van der Waals surface area contributed by atoms with E-state index < -0.39 is 0 Å². The summed E-state index contributed by atoms with van der Waals surface area (Å²) in [4.78, 5) is 2.39. The molecule has 0 spiro atoms. The van der Waals surface area contributed by atoms with Gasteiger partial charge < -0.3 is 9.32 Å².